The fraction of sp³-hybridized carbons (Fsp3) is 0.429. The molecule has 5 rings (SSSR count). The van der Waals surface area contributed by atoms with Crippen LogP contribution in [0.15, 0.2) is 24.7 Å². The van der Waals surface area contributed by atoms with Crippen LogP contribution in [0.1, 0.15) is 36.4 Å². The molecule has 9 heteroatoms. The number of nitrogens with zero attached hydrogens (tertiary/aromatic N) is 3. The number of aliphatic hydroxyl groups is 2. The van der Waals surface area contributed by atoms with E-state index in [0.717, 1.165) is 24.8 Å². The fourth-order valence-corrected chi connectivity index (χ4v) is 5.24. The molecule has 0 amide bonds. The molecule has 0 bridgehead atoms. The molecule has 0 aliphatic heterocycles. The van der Waals surface area contributed by atoms with Crippen LogP contribution in [0, 0.1) is 5.82 Å². The third-order valence-corrected chi connectivity index (χ3v) is 6.76. The molecule has 30 heavy (non-hydrogen) atoms. The van der Waals surface area contributed by atoms with Crippen LogP contribution >= 0.6 is 23.2 Å². The normalized spacial score (nSPS) is 26.2. The molecule has 158 valence electrons. The predicted molar refractivity (Wildman–Crippen MR) is 111 cm³/mol. The van der Waals surface area contributed by atoms with Crippen molar-refractivity contribution in [1.29, 1.82) is 0 Å². The maximum atomic E-state index is 14.2. The monoisotopic (exact) mass is 451 g/mol. The Morgan fingerprint density at radius 2 is 1.83 bits per heavy atom. The fourth-order valence-electron chi connectivity index (χ4n) is 4.68. The Hall–Kier alpha value is -1.93. The van der Waals surface area contributed by atoms with Crippen molar-refractivity contribution in [1.82, 2.24) is 14.5 Å². The Labute approximate surface area is 182 Å². The van der Waals surface area contributed by atoms with Gasteiger partial charge in [0.05, 0.1) is 16.5 Å². The van der Waals surface area contributed by atoms with Crippen molar-refractivity contribution in [3.05, 3.63) is 51.8 Å². The molecule has 4 atom stereocenters. The summed E-state index contributed by atoms with van der Waals surface area (Å²) in [6.45, 7) is 0. The van der Waals surface area contributed by atoms with Crippen molar-refractivity contribution in [2.45, 2.75) is 56.5 Å². The molecule has 0 radical (unpaired) electrons. The third-order valence-electron chi connectivity index (χ3n) is 6.19. The van der Waals surface area contributed by atoms with E-state index in [1.165, 1.54) is 12.4 Å². The second kappa shape index (κ2) is 7.64. The molecular weight excluding hydrogens is 432 g/mol. The highest BCUT2D eigenvalue weighted by molar-refractivity contribution is 6.41. The number of fused-ring (bicyclic) bond motifs is 2. The first-order chi connectivity index (χ1) is 14.5. The maximum absolute atomic E-state index is 14.2. The molecular formula is C21H20Cl2FN3O3. The number of hydrogen-bond donors (Lipinski definition) is 2. The van der Waals surface area contributed by atoms with E-state index in [1.807, 2.05) is 0 Å². The average Bonchev–Trinajstić information content (AvgIpc) is 3.22. The van der Waals surface area contributed by atoms with Gasteiger partial charge < -0.3 is 19.5 Å². The van der Waals surface area contributed by atoms with E-state index in [0.29, 0.717) is 40.2 Å². The number of ether oxygens (including phenoxy) is 1. The second-order valence-electron chi connectivity index (χ2n) is 7.90. The molecule has 2 aromatic heterocycles. The lowest BCUT2D eigenvalue weighted by Gasteiger charge is -2.24. The zero-order chi connectivity index (χ0) is 21.0. The summed E-state index contributed by atoms with van der Waals surface area (Å²) >= 11 is 12.5. The quantitative estimate of drug-likeness (QED) is 0.590. The van der Waals surface area contributed by atoms with Crippen LogP contribution in [-0.4, -0.2) is 43.1 Å². The van der Waals surface area contributed by atoms with Gasteiger partial charge in [-0.15, -0.1) is 0 Å². The lowest BCUT2D eigenvalue weighted by atomic mass is 9.90. The van der Waals surface area contributed by atoms with Crippen LogP contribution in [0.4, 0.5) is 4.39 Å². The van der Waals surface area contributed by atoms with Crippen molar-refractivity contribution in [3.8, 4) is 5.75 Å². The van der Waals surface area contributed by atoms with Crippen molar-refractivity contribution in [2.24, 2.45) is 0 Å². The summed E-state index contributed by atoms with van der Waals surface area (Å²) in [5, 5.41) is 22.5. The number of aliphatic hydroxyl groups excluding tert-OH is 2. The largest absolute Gasteiger partial charge is 0.487 e. The standard InChI is InChI=1S/C21H20Cl2FN3O3/c22-12-8-27(21-17(12)20(23)25-9-26-21)14-7-16(19(29)18(14)28)30-15-6-5-13(24)10-3-1-2-4-11(10)15/h5-6,8-9,14,16,18-19,28-29H,1-4,7H2/t14-,16+,18+,19-/m1/s1. The molecule has 2 aliphatic carbocycles. The average molecular weight is 452 g/mol. The van der Waals surface area contributed by atoms with Crippen LogP contribution in [0.5, 0.6) is 5.75 Å². The molecule has 1 fully saturated rings. The number of benzene rings is 1. The minimum atomic E-state index is -1.12. The topological polar surface area (TPSA) is 80.4 Å². The second-order valence-corrected chi connectivity index (χ2v) is 8.66. The van der Waals surface area contributed by atoms with Gasteiger partial charge in [0.2, 0.25) is 0 Å². The summed E-state index contributed by atoms with van der Waals surface area (Å²) in [6, 6.07) is 2.51. The Morgan fingerprint density at radius 1 is 1.07 bits per heavy atom. The number of halogens is 3. The first-order valence-electron chi connectivity index (χ1n) is 9.95. The van der Waals surface area contributed by atoms with Crippen molar-refractivity contribution in [2.75, 3.05) is 0 Å². The highest BCUT2D eigenvalue weighted by Crippen LogP contribution is 2.40. The molecule has 0 spiro atoms. The van der Waals surface area contributed by atoms with Crippen molar-refractivity contribution >= 4 is 34.2 Å². The minimum Gasteiger partial charge on any atom is -0.487 e. The lowest BCUT2D eigenvalue weighted by Crippen LogP contribution is -2.34. The van der Waals surface area contributed by atoms with E-state index in [9.17, 15) is 14.6 Å². The Morgan fingerprint density at radius 3 is 2.63 bits per heavy atom. The van der Waals surface area contributed by atoms with E-state index in [-0.39, 0.29) is 11.0 Å². The van der Waals surface area contributed by atoms with Gasteiger partial charge in [0.25, 0.3) is 0 Å². The van der Waals surface area contributed by atoms with Gasteiger partial charge in [-0.05, 0) is 43.4 Å². The van der Waals surface area contributed by atoms with Gasteiger partial charge in [0, 0.05) is 18.2 Å². The van der Waals surface area contributed by atoms with Gasteiger partial charge in [0.1, 0.15) is 47.0 Å². The molecule has 2 aliphatic rings. The van der Waals surface area contributed by atoms with E-state index in [4.69, 9.17) is 27.9 Å². The number of rotatable bonds is 3. The van der Waals surface area contributed by atoms with E-state index >= 15 is 0 Å². The molecule has 1 saturated carbocycles. The van der Waals surface area contributed by atoms with Gasteiger partial charge in [-0.3, -0.25) is 0 Å². The zero-order valence-corrected chi connectivity index (χ0v) is 17.4. The zero-order valence-electron chi connectivity index (χ0n) is 15.9. The lowest BCUT2D eigenvalue weighted by molar-refractivity contribution is -0.0166. The van der Waals surface area contributed by atoms with E-state index < -0.39 is 24.4 Å². The Bertz CT molecular complexity index is 1120. The SMILES string of the molecule is O[C@@H]1[C@H](O)[C@@H](Oc2ccc(F)c3c2CCCC3)C[C@H]1n1cc(Cl)c2c(Cl)ncnc21. The van der Waals surface area contributed by atoms with Gasteiger partial charge >= 0.3 is 0 Å². The number of aromatic nitrogens is 3. The minimum absolute atomic E-state index is 0.216. The molecule has 3 aromatic rings. The van der Waals surface area contributed by atoms with Crippen LogP contribution < -0.4 is 4.74 Å². The molecule has 0 unspecified atom stereocenters. The van der Waals surface area contributed by atoms with Crippen LogP contribution in [0.3, 0.4) is 0 Å². The van der Waals surface area contributed by atoms with E-state index in [1.54, 1.807) is 16.8 Å². The summed E-state index contributed by atoms with van der Waals surface area (Å²) < 4.78 is 22.0. The summed E-state index contributed by atoms with van der Waals surface area (Å²) in [6.07, 6.45) is 3.77. The van der Waals surface area contributed by atoms with Gasteiger partial charge in [-0.1, -0.05) is 23.2 Å². The van der Waals surface area contributed by atoms with Crippen LogP contribution in [0.2, 0.25) is 10.2 Å². The molecule has 0 saturated heterocycles. The molecule has 6 nitrogen and oxygen atoms in total. The van der Waals surface area contributed by atoms with Gasteiger partial charge in [-0.2, -0.15) is 0 Å². The highest BCUT2D eigenvalue weighted by atomic mass is 35.5. The Kier molecular flexibility index (Phi) is 5.09. The van der Waals surface area contributed by atoms with E-state index in [2.05, 4.69) is 9.97 Å². The molecule has 2 heterocycles. The van der Waals surface area contributed by atoms with Crippen molar-refractivity contribution in [3.63, 3.8) is 0 Å². The predicted octanol–water partition coefficient (Wildman–Crippen LogP) is 3.87. The van der Waals surface area contributed by atoms with Gasteiger partial charge in [-0.25, -0.2) is 14.4 Å². The number of hydrogen-bond acceptors (Lipinski definition) is 5. The molecule has 2 N–H and O–H groups in total. The van der Waals surface area contributed by atoms with Crippen molar-refractivity contribution < 1.29 is 19.3 Å². The maximum Gasteiger partial charge on any atom is 0.146 e. The first kappa shape index (κ1) is 20.0. The first-order valence-corrected chi connectivity index (χ1v) is 10.7. The third kappa shape index (κ3) is 3.15. The summed E-state index contributed by atoms with van der Waals surface area (Å²) in [5.74, 6) is 0.357. The molecule has 1 aromatic carbocycles. The summed E-state index contributed by atoms with van der Waals surface area (Å²) in [7, 11) is 0. The summed E-state index contributed by atoms with van der Waals surface area (Å²) in [4.78, 5) is 8.20. The van der Waals surface area contributed by atoms with Gasteiger partial charge in [0.15, 0.2) is 0 Å². The Balaban J connectivity index is 1.46. The summed E-state index contributed by atoms with van der Waals surface area (Å²) in [5.41, 5.74) is 2.04. The highest BCUT2D eigenvalue weighted by Gasteiger charge is 2.45. The van der Waals surface area contributed by atoms with Crippen LogP contribution in [-0.2, 0) is 12.8 Å². The smallest absolute Gasteiger partial charge is 0.146 e. The van der Waals surface area contributed by atoms with Crippen LogP contribution in [0.25, 0.3) is 11.0 Å².